The van der Waals surface area contributed by atoms with Gasteiger partial charge in [0, 0.05) is 38.2 Å². The summed E-state index contributed by atoms with van der Waals surface area (Å²) in [7, 11) is 0. The molecule has 0 unspecified atom stereocenters. The normalized spacial score (nSPS) is 15.8. The minimum atomic E-state index is -0.835. The predicted molar refractivity (Wildman–Crippen MR) is 202 cm³/mol. The zero-order valence-corrected chi connectivity index (χ0v) is 25.6. The predicted octanol–water partition coefficient (Wildman–Crippen LogP) is 12.0. The van der Waals surface area contributed by atoms with Crippen LogP contribution in [0.2, 0.25) is 0 Å². The Kier molecular flexibility index (Phi) is 3.87. The third-order valence-corrected chi connectivity index (χ3v) is 8.16. The highest BCUT2D eigenvalue weighted by molar-refractivity contribution is 6.06. The van der Waals surface area contributed by atoms with Gasteiger partial charge in [0.1, 0.15) is 22.3 Å². The van der Waals surface area contributed by atoms with Crippen molar-refractivity contribution in [3.8, 4) is 56.4 Å². The van der Waals surface area contributed by atoms with Gasteiger partial charge >= 0.3 is 0 Å². The Balaban J connectivity index is 1.19. The van der Waals surface area contributed by atoms with Crippen LogP contribution in [0.1, 0.15) is 20.6 Å². The van der Waals surface area contributed by atoms with Gasteiger partial charge in [0.25, 0.3) is 0 Å². The maximum absolute atomic E-state index is 9.49. The summed E-state index contributed by atoms with van der Waals surface area (Å²) in [6.45, 7) is 0. The molecule has 7 aromatic carbocycles. The van der Waals surface area contributed by atoms with Crippen LogP contribution in [0.3, 0.4) is 0 Å². The molecule has 0 spiro atoms. The number of hydrogen-bond donors (Lipinski definition) is 0. The molecule has 10 aromatic rings. The first-order valence-electron chi connectivity index (χ1n) is 22.9. The lowest BCUT2D eigenvalue weighted by molar-refractivity contribution is 0.668. The molecular weight excluding hydrogens is 615 g/mol. The van der Waals surface area contributed by atoms with E-state index in [0.717, 1.165) is 10.8 Å². The fraction of sp³-hybridized carbons (Fsp3) is 0. The molecule has 5 nitrogen and oxygen atoms in total. The molecule has 0 saturated heterocycles. The number of aromatic nitrogens is 3. The molecule has 0 atom stereocenters. The standard InChI is InChI=1S/C45H27N3O2/c1-2-9-30(10-3-1)43-46-44(48-45(47-43)34-22-24-38-36-14-5-7-16-40(36)50-42(38)27-34)33-12-8-11-31(25-33)28-17-19-29(20-18-28)32-21-23-37-35-13-4-6-15-39(35)49-41(37)26-32/h1-27H/i4D,6D,8D,11D,12D,13D,15D,17D,18D,19D,20D,21D,23D,25D,26D. The molecule has 0 N–H and O–H groups in total. The molecule has 3 heterocycles. The highest BCUT2D eigenvalue weighted by Gasteiger charge is 2.15. The van der Waals surface area contributed by atoms with E-state index in [1.165, 1.54) is 0 Å². The van der Waals surface area contributed by atoms with E-state index in [1.807, 2.05) is 30.3 Å². The zero-order valence-electron chi connectivity index (χ0n) is 40.6. The van der Waals surface area contributed by atoms with Crippen molar-refractivity contribution in [2.45, 2.75) is 0 Å². The number of furan rings is 2. The molecule has 0 aliphatic rings. The summed E-state index contributed by atoms with van der Waals surface area (Å²) in [6, 6.07) is 11.1. The topological polar surface area (TPSA) is 65.0 Å². The van der Waals surface area contributed by atoms with Crippen molar-refractivity contribution in [1.29, 1.82) is 0 Å². The van der Waals surface area contributed by atoms with Crippen LogP contribution < -0.4 is 0 Å². The van der Waals surface area contributed by atoms with Gasteiger partial charge in [-0.05, 0) is 64.6 Å². The van der Waals surface area contributed by atoms with Crippen LogP contribution in [0.4, 0.5) is 0 Å². The summed E-state index contributed by atoms with van der Waals surface area (Å²) in [5, 5.41) is 1.23. The van der Waals surface area contributed by atoms with Gasteiger partial charge in [0.05, 0.1) is 20.6 Å². The van der Waals surface area contributed by atoms with Gasteiger partial charge < -0.3 is 8.83 Å². The summed E-state index contributed by atoms with van der Waals surface area (Å²) in [5.41, 5.74) is -1.27. The highest BCUT2D eigenvalue weighted by Crippen LogP contribution is 2.35. The Morgan fingerprint density at radius 1 is 0.360 bits per heavy atom. The fourth-order valence-corrected chi connectivity index (χ4v) is 5.76. The number of benzene rings is 7. The molecule has 0 fully saturated rings. The molecule has 0 amide bonds. The quantitative estimate of drug-likeness (QED) is 0.184. The summed E-state index contributed by atoms with van der Waals surface area (Å²) in [4.78, 5) is 14.0. The van der Waals surface area contributed by atoms with Gasteiger partial charge in [-0.2, -0.15) is 0 Å². The Morgan fingerprint density at radius 2 is 0.980 bits per heavy atom. The van der Waals surface area contributed by atoms with Crippen molar-refractivity contribution in [3.05, 3.63) is 163 Å². The Morgan fingerprint density at radius 3 is 1.82 bits per heavy atom. The van der Waals surface area contributed by atoms with E-state index in [2.05, 4.69) is 9.97 Å². The molecule has 0 bridgehead atoms. The average molecular weight is 657 g/mol. The van der Waals surface area contributed by atoms with Crippen molar-refractivity contribution in [2.24, 2.45) is 0 Å². The number of para-hydroxylation sites is 2. The lowest BCUT2D eigenvalue weighted by atomic mass is 9.98. The van der Waals surface area contributed by atoms with Crippen LogP contribution in [0.5, 0.6) is 0 Å². The molecule has 50 heavy (non-hydrogen) atoms. The zero-order chi connectivity index (χ0) is 46.1. The van der Waals surface area contributed by atoms with Gasteiger partial charge in [-0.15, -0.1) is 0 Å². The van der Waals surface area contributed by atoms with Crippen molar-refractivity contribution in [1.82, 2.24) is 15.0 Å². The highest BCUT2D eigenvalue weighted by atomic mass is 16.3. The minimum absolute atomic E-state index is 0.109. The van der Waals surface area contributed by atoms with Crippen molar-refractivity contribution < 1.29 is 29.4 Å². The third kappa shape index (κ3) is 4.83. The van der Waals surface area contributed by atoms with Gasteiger partial charge in [-0.3, -0.25) is 0 Å². The maximum atomic E-state index is 9.49. The van der Waals surface area contributed by atoms with Crippen LogP contribution in [0, 0.1) is 0 Å². The molecule has 0 radical (unpaired) electrons. The summed E-state index contributed by atoms with van der Waals surface area (Å²) >= 11 is 0. The lowest BCUT2D eigenvalue weighted by Gasteiger charge is -2.10. The monoisotopic (exact) mass is 656 g/mol. The van der Waals surface area contributed by atoms with Crippen LogP contribution in [-0.4, -0.2) is 15.0 Å². The van der Waals surface area contributed by atoms with Crippen LogP contribution in [0.25, 0.3) is 100 Å². The summed E-state index contributed by atoms with van der Waals surface area (Å²) in [5.74, 6) is -0.00869. The lowest BCUT2D eigenvalue weighted by Crippen LogP contribution is -2.00. The van der Waals surface area contributed by atoms with Gasteiger partial charge in [-0.25, -0.2) is 15.0 Å². The van der Waals surface area contributed by atoms with E-state index >= 15 is 0 Å². The van der Waals surface area contributed by atoms with E-state index in [1.54, 1.807) is 42.5 Å². The molecule has 0 aliphatic carbocycles. The van der Waals surface area contributed by atoms with Gasteiger partial charge in [0.2, 0.25) is 0 Å². The second-order valence-electron chi connectivity index (χ2n) is 11.2. The fourth-order valence-electron chi connectivity index (χ4n) is 5.76. The second-order valence-corrected chi connectivity index (χ2v) is 11.2. The van der Waals surface area contributed by atoms with Crippen LogP contribution in [-0.2, 0) is 0 Å². The Labute approximate surface area is 308 Å². The van der Waals surface area contributed by atoms with Crippen molar-refractivity contribution in [2.75, 3.05) is 0 Å². The van der Waals surface area contributed by atoms with Crippen molar-refractivity contribution in [3.63, 3.8) is 0 Å². The Bertz CT molecular complexity index is 3710. The van der Waals surface area contributed by atoms with E-state index in [9.17, 15) is 4.11 Å². The molecule has 3 aromatic heterocycles. The first kappa shape index (κ1) is 17.0. The second kappa shape index (κ2) is 11.4. The van der Waals surface area contributed by atoms with E-state index in [0.29, 0.717) is 22.3 Å². The smallest absolute Gasteiger partial charge is 0.164 e. The molecule has 10 rings (SSSR count). The molecule has 0 aliphatic heterocycles. The number of nitrogens with zero attached hydrogens (tertiary/aromatic N) is 3. The SMILES string of the molecule is [2H]c1c([2H])c(-c2nc(-c3ccccc3)nc(-c3ccc4c(c3)oc3ccccc34)n2)c([2H])c(-c2c([2H])c([2H])c(-c3c([2H])c([2H])c4c(oc5c([2H])c([2H])c([2H])c([2H])c54)c3[2H])c([2H])c2[2H])c1[2H]. The average Bonchev–Trinajstić information content (AvgIpc) is 3.90. The molecular formula is C45H27N3O2. The van der Waals surface area contributed by atoms with Gasteiger partial charge in [-0.1, -0.05) is 121 Å². The number of hydrogen-bond acceptors (Lipinski definition) is 5. The summed E-state index contributed by atoms with van der Waals surface area (Å²) in [6.07, 6.45) is 0. The van der Waals surface area contributed by atoms with E-state index < -0.39 is 118 Å². The number of rotatable bonds is 5. The summed E-state index contributed by atoms with van der Waals surface area (Å²) < 4.78 is 145. The van der Waals surface area contributed by atoms with E-state index in [4.69, 9.17) is 30.3 Å². The molecule has 234 valence electrons. The maximum Gasteiger partial charge on any atom is 0.164 e. The van der Waals surface area contributed by atoms with Crippen LogP contribution in [0.15, 0.2) is 172 Å². The van der Waals surface area contributed by atoms with E-state index in [-0.39, 0.29) is 39.4 Å². The van der Waals surface area contributed by atoms with Crippen molar-refractivity contribution >= 4 is 43.9 Å². The third-order valence-electron chi connectivity index (χ3n) is 8.16. The first-order valence-corrected chi connectivity index (χ1v) is 15.4. The minimum Gasteiger partial charge on any atom is -0.456 e. The first-order chi connectivity index (χ1) is 31.0. The molecule has 5 heteroatoms. The Hall–Kier alpha value is -6.85. The van der Waals surface area contributed by atoms with Gasteiger partial charge in [0.15, 0.2) is 17.5 Å². The molecule has 0 saturated carbocycles. The largest absolute Gasteiger partial charge is 0.456 e. The number of fused-ring (bicyclic) bond motifs is 6. The van der Waals surface area contributed by atoms with Crippen LogP contribution >= 0.6 is 0 Å².